The average Bonchev–Trinajstić information content (AvgIpc) is 2.07. The highest BCUT2D eigenvalue weighted by Gasteiger charge is 1.96. The summed E-state index contributed by atoms with van der Waals surface area (Å²) in [6.45, 7) is 0. The number of nitrogen functional groups attached to an aromatic ring is 1. The van der Waals surface area contributed by atoms with Crippen LogP contribution < -0.4 is 5.73 Å². The predicted molar refractivity (Wildman–Crippen MR) is 51.3 cm³/mol. The molecule has 0 radical (unpaired) electrons. The number of hydrogen-bond donors (Lipinski definition) is 1. The van der Waals surface area contributed by atoms with Crippen molar-refractivity contribution in [2.24, 2.45) is 0 Å². The Bertz CT molecular complexity index is 339. The van der Waals surface area contributed by atoms with Crippen LogP contribution in [0.2, 0.25) is 5.02 Å². The molecule has 0 saturated heterocycles. The monoisotopic (exact) mass is 200 g/mol. The lowest BCUT2D eigenvalue weighted by molar-refractivity contribution is 1.32. The first-order chi connectivity index (χ1) is 5.74. The van der Waals surface area contributed by atoms with Gasteiger partial charge in [-0.05, 0) is 6.07 Å². The molecule has 0 fully saturated rings. The van der Waals surface area contributed by atoms with Gasteiger partial charge >= 0.3 is 0 Å². The van der Waals surface area contributed by atoms with Gasteiger partial charge in [-0.2, -0.15) is 0 Å². The van der Waals surface area contributed by atoms with Crippen LogP contribution in [-0.4, -0.2) is 10.9 Å². The van der Waals surface area contributed by atoms with E-state index >= 15 is 0 Å². The zero-order chi connectivity index (χ0) is 8.97. The van der Waals surface area contributed by atoms with Crippen LogP contribution >= 0.6 is 23.2 Å². The van der Waals surface area contributed by atoms with Crippen LogP contribution in [0.5, 0.6) is 0 Å². The van der Waals surface area contributed by atoms with Crippen LogP contribution in [0.15, 0.2) is 12.3 Å². The number of rotatable bonds is 0. The molecule has 0 saturated carbocycles. The number of alkyl halides is 1. The van der Waals surface area contributed by atoms with E-state index in [0.29, 0.717) is 16.4 Å². The molecule has 0 aliphatic rings. The summed E-state index contributed by atoms with van der Waals surface area (Å²) < 4.78 is 0. The van der Waals surface area contributed by atoms with Crippen molar-refractivity contribution in [3.8, 4) is 11.8 Å². The first-order valence-electron chi connectivity index (χ1n) is 3.20. The Kier molecular flexibility index (Phi) is 3.21. The van der Waals surface area contributed by atoms with Gasteiger partial charge in [0.25, 0.3) is 0 Å². The van der Waals surface area contributed by atoms with Crippen LogP contribution in [0.3, 0.4) is 0 Å². The van der Waals surface area contributed by atoms with Crippen molar-refractivity contribution >= 4 is 29.0 Å². The van der Waals surface area contributed by atoms with Gasteiger partial charge in [-0.3, -0.25) is 0 Å². The van der Waals surface area contributed by atoms with E-state index in [1.165, 1.54) is 6.20 Å². The zero-order valence-electron chi connectivity index (χ0n) is 6.14. The second-order valence-corrected chi connectivity index (χ2v) is 2.73. The molecule has 0 atom stereocenters. The third-order valence-corrected chi connectivity index (χ3v) is 1.52. The van der Waals surface area contributed by atoms with Crippen molar-refractivity contribution in [3.63, 3.8) is 0 Å². The number of aromatic nitrogens is 1. The maximum Gasteiger partial charge on any atom is 0.139 e. The van der Waals surface area contributed by atoms with Gasteiger partial charge in [0, 0.05) is 6.20 Å². The summed E-state index contributed by atoms with van der Waals surface area (Å²) in [5.41, 5.74) is 6.13. The highest BCUT2D eigenvalue weighted by Crippen LogP contribution is 2.13. The summed E-state index contributed by atoms with van der Waals surface area (Å²) in [6, 6.07) is 1.66. The third kappa shape index (κ3) is 2.30. The molecule has 4 heteroatoms. The molecular weight excluding hydrogens is 195 g/mol. The normalized spacial score (nSPS) is 8.83. The fourth-order valence-electron chi connectivity index (χ4n) is 0.679. The van der Waals surface area contributed by atoms with Crippen molar-refractivity contribution in [3.05, 3.63) is 22.8 Å². The molecule has 1 aromatic heterocycles. The Morgan fingerprint density at radius 2 is 2.33 bits per heavy atom. The largest absolute Gasteiger partial charge is 0.383 e. The van der Waals surface area contributed by atoms with Gasteiger partial charge in [-0.15, -0.1) is 11.6 Å². The molecule has 0 aromatic carbocycles. The number of anilines is 1. The number of nitrogens with two attached hydrogens (primary N) is 1. The molecule has 0 spiro atoms. The van der Waals surface area contributed by atoms with E-state index in [4.69, 9.17) is 28.9 Å². The van der Waals surface area contributed by atoms with Gasteiger partial charge in [0.1, 0.15) is 5.82 Å². The Morgan fingerprint density at radius 3 is 3.00 bits per heavy atom. The number of hydrogen-bond acceptors (Lipinski definition) is 2. The number of pyridine rings is 1. The molecule has 12 heavy (non-hydrogen) atoms. The second kappa shape index (κ2) is 4.20. The van der Waals surface area contributed by atoms with Crippen LogP contribution in [-0.2, 0) is 0 Å². The lowest BCUT2D eigenvalue weighted by Crippen LogP contribution is -1.93. The Balaban J connectivity index is 3.05. The molecule has 62 valence electrons. The summed E-state index contributed by atoms with van der Waals surface area (Å²) in [7, 11) is 0. The smallest absolute Gasteiger partial charge is 0.139 e. The quantitative estimate of drug-likeness (QED) is 0.514. The second-order valence-electron chi connectivity index (χ2n) is 2.02. The van der Waals surface area contributed by atoms with Gasteiger partial charge in [-0.1, -0.05) is 23.4 Å². The summed E-state index contributed by atoms with van der Waals surface area (Å²) in [5, 5.41) is 0.517. The maximum absolute atomic E-state index is 5.68. The predicted octanol–water partition coefficient (Wildman–Crippen LogP) is 1.91. The summed E-state index contributed by atoms with van der Waals surface area (Å²) in [5.74, 6) is 6.06. The van der Waals surface area contributed by atoms with Crippen LogP contribution in [0.4, 0.5) is 5.82 Å². The van der Waals surface area contributed by atoms with E-state index in [1.54, 1.807) is 6.07 Å². The molecule has 0 aliphatic heterocycles. The molecule has 1 rings (SSSR count). The minimum absolute atomic E-state index is 0.270. The summed E-state index contributed by atoms with van der Waals surface area (Å²) in [4.78, 5) is 3.83. The van der Waals surface area contributed by atoms with Crippen molar-refractivity contribution in [2.75, 3.05) is 11.6 Å². The molecule has 2 nitrogen and oxygen atoms in total. The minimum atomic E-state index is 0.270. The summed E-state index contributed by atoms with van der Waals surface area (Å²) >= 11 is 11.1. The number of halogens is 2. The van der Waals surface area contributed by atoms with Crippen LogP contribution in [0.25, 0.3) is 0 Å². The molecule has 0 amide bonds. The summed E-state index contributed by atoms with van der Waals surface area (Å²) in [6.07, 6.45) is 1.47. The highest BCUT2D eigenvalue weighted by molar-refractivity contribution is 6.30. The fourth-order valence-corrected chi connectivity index (χ4v) is 0.903. The molecule has 0 unspecified atom stereocenters. The SMILES string of the molecule is Nc1ncc(Cl)cc1C#CCCl. The fraction of sp³-hybridized carbons (Fsp3) is 0.125. The zero-order valence-corrected chi connectivity index (χ0v) is 7.65. The van der Waals surface area contributed by atoms with E-state index in [9.17, 15) is 0 Å². The van der Waals surface area contributed by atoms with Gasteiger partial charge in [0.15, 0.2) is 0 Å². The van der Waals surface area contributed by atoms with Gasteiger partial charge in [0.05, 0.1) is 16.5 Å². The Labute approximate surface area is 80.7 Å². The van der Waals surface area contributed by atoms with E-state index in [0.717, 1.165) is 0 Å². The van der Waals surface area contributed by atoms with Crippen molar-refractivity contribution < 1.29 is 0 Å². The van der Waals surface area contributed by atoms with E-state index in [2.05, 4.69) is 16.8 Å². The standard InChI is InChI=1S/C8H6Cl2N2/c9-3-1-2-6-4-7(10)5-12-8(6)11/h4-5H,3H2,(H2,11,12). The topological polar surface area (TPSA) is 38.9 Å². The molecule has 1 aromatic rings. The first kappa shape index (κ1) is 9.18. The minimum Gasteiger partial charge on any atom is -0.383 e. The van der Waals surface area contributed by atoms with Crippen molar-refractivity contribution in [1.82, 2.24) is 4.98 Å². The molecule has 2 N–H and O–H groups in total. The molecule has 1 heterocycles. The average molecular weight is 201 g/mol. The Morgan fingerprint density at radius 1 is 1.58 bits per heavy atom. The highest BCUT2D eigenvalue weighted by atomic mass is 35.5. The molecule has 0 bridgehead atoms. The van der Waals surface area contributed by atoms with Gasteiger partial charge in [0.2, 0.25) is 0 Å². The Hall–Kier alpha value is -0.910. The number of nitrogens with zero attached hydrogens (tertiary/aromatic N) is 1. The van der Waals surface area contributed by atoms with Crippen LogP contribution in [0.1, 0.15) is 5.56 Å². The maximum atomic E-state index is 5.68. The van der Waals surface area contributed by atoms with Crippen molar-refractivity contribution in [2.45, 2.75) is 0 Å². The van der Waals surface area contributed by atoms with E-state index in [-0.39, 0.29) is 5.88 Å². The lowest BCUT2D eigenvalue weighted by atomic mass is 10.2. The van der Waals surface area contributed by atoms with Gasteiger partial charge in [-0.25, -0.2) is 4.98 Å². The van der Waals surface area contributed by atoms with Crippen molar-refractivity contribution in [1.29, 1.82) is 0 Å². The molecule has 0 aliphatic carbocycles. The van der Waals surface area contributed by atoms with Crippen LogP contribution in [0, 0.1) is 11.8 Å². The lowest BCUT2D eigenvalue weighted by Gasteiger charge is -1.95. The van der Waals surface area contributed by atoms with E-state index in [1.807, 2.05) is 0 Å². The van der Waals surface area contributed by atoms with Gasteiger partial charge < -0.3 is 5.73 Å². The molecular formula is C8H6Cl2N2. The first-order valence-corrected chi connectivity index (χ1v) is 4.11. The third-order valence-electron chi connectivity index (χ3n) is 1.18. The van der Waals surface area contributed by atoms with E-state index < -0.39 is 0 Å².